The van der Waals surface area contributed by atoms with Crippen LogP contribution in [0.25, 0.3) is 0 Å². The van der Waals surface area contributed by atoms with Crippen molar-refractivity contribution in [2.45, 2.75) is 130 Å². The molecule has 0 unspecified atom stereocenters. The van der Waals surface area contributed by atoms with Crippen molar-refractivity contribution in [3.8, 4) is 0 Å². The zero-order valence-electron chi connectivity index (χ0n) is 56.5. The number of rotatable bonds is 24. The number of hydrogen-bond acceptors (Lipinski definition) is 14. The minimum absolute atomic E-state index is 0.542. The largest absolute Gasteiger partial charge is 0.515 e. The molecule has 94 heavy (non-hydrogen) atoms. The molecule has 26 heteroatoms. The molecule has 0 spiro atoms. The molecule has 4 bridgehead atoms. The van der Waals surface area contributed by atoms with E-state index in [0.29, 0.717) is 41.5 Å². The molecule has 0 radical (unpaired) electrons. The minimum Gasteiger partial charge on any atom is -0.413 e. The molecule has 496 valence electrons. The second-order valence-corrected chi connectivity index (χ2v) is 67.9. The van der Waals surface area contributed by atoms with Crippen molar-refractivity contribution in [3.63, 3.8) is 0 Å². The van der Waals surface area contributed by atoms with E-state index in [1.165, 1.54) is 0 Å². The number of fused-ring (bicyclic) bond motifs is 4. The summed E-state index contributed by atoms with van der Waals surface area (Å²) in [5, 5.41) is 4.69. The van der Waals surface area contributed by atoms with Crippen LogP contribution in [0.5, 0.6) is 0 Å². The molecule has 4 heterocycles. The van der Waals surface area contributed by atoms with Crippen LogP contribution >= 0.6 is 0 Å². The van der Waals surface area contributed by atoms with E-state index in [4.69, 9.17) is 57.6 Å². The first-order chi connectivity index (χ1) is 45.0. The first kappa shape index (κ1) is 71.1. The predicted octanol–water partition coefficient (Wildman–Crippen LogP) is 11.5. The van der Waals surface area contributed by atoms with Crippen molar-refractivity contribution in [3.05, 3.63) is 243 Å². The van der Waals surface area contributed by atoms with Gasteiger partial charge in [0.15, 0.2) is 33.3 Å². The lowest BCUT2D eigenvalue weighted by Crippen LogP contribution is -2.91. The van der Waals surface area contributed by atoms with Crippen LogP contribution in [0.4, 0.5) is 0 Å². The third-order valence-electron chi connectivity index (χ3n) is 16.8. The molecule has 0 N–H and O–H groups in total. The highest BCUT2D eigenvalue weighted by Crippen LogP contribution is 2.45. The van der Waals surface area contributed by atoms with Crippen molar-refractivity contribution in [1.29, 1.82) is 0 Å². The van der Waals surface area contributed by atoms with Gasteiger partial charge in [-0.15, -0.1) is 0 Å². The van der Waals surface area contributed by atoms with Gasteiger partial charge in [-0.05, 0) is 76.6 Å². The number of hydrogen-bond donors (Lipinski definition) is 0. The third kappa shape index (κ3) is 15.3. The van der Waals surface area contributed by atoms with E-state index in [-0.39, 0.29) is 0 Å². The summed E-state index contributed by atoms with van der Waals surface area (Å²) in [4.78, 5) is 0. The summed E-state index contributed by atoms with van der Waals surface area (Å²) >= 11 is 0. The van der Waals surface area contributed by atoms with E-state index in [2.05, 4.69) is 80.1 Å². The van der Waals surface area contributed by atoms with E-state index < -0.39 is 104 Å². The van der Waals surface area contributed by atoms with Crippen LogP contribution in [0.15, 0.2) is 243 Å². The highest BCUT2D eigenvalue weighted by molar-refractivity contribution is 7.11. The molecule has 8 aromatic rings. The second kappa shape index (κ2) is 28.9. The molecule has 8 aromatic carbocycles. The van der Waals surface area contributed by atoms with Crippen LogP contribution < -0.4 is 41.5 Å². The zero-order chi connectivity index (χ0) is 66.5. The van der Waals surface area contributed by atoms with Gasteiger partial charge in [-0.25, -0.2) is 0 Å². The Labute approximate surface area is 571 Å². The monoisotopic (exact) mass is 1470 g/mol. The van der Waals surface area contributed by atoms with Gasteiger partial charge in [0.1, 0.15) is 0 Å². The summed E-state index contributed by atoms with van der Waals surface area (Å²) in [5.74, 6) is 0. The smallest absolute Gasteiger partial charge is 0.413 e. The van der Waals surface area contributed by atoms with Gasteiger partial charge in [0.25, 0.3) is 0 Å². The molecule has 0 aromatic heterocycles. The van der Waals surface area contributed by atoms with Gasteiger partial charge in [-0.1, -0.05) is 296 Å². The van der Waals surface area contributed by atoms with Crippen LogP contribution in [0.1, 0.15) is 53.4 Å². The Hall–Kier alpha value is -4.20. The number of benzene rings is 8. The average Bonchev–Trinajstić information content (AvgIpc) is 0.687. The predicted molar refractivity (Wildman–Crippen MR) is 400 cm³/mol. The van der Waals surface area contributed by atoms with E-state index in [0.717, 1.165) is 49.9 Å². The van der Waals surface area contributed by atoms with Gasteiger partial charge in [0, 0.05) is 41.5 Å². The molecule has 4 aliphatic heterocycles. The summed E-state index contributed by atoms with van der Waals surface area (Å²) in [6.07, 6.45) is 3.28. The highest BCUT2D eigenvalue weighted by Gasteiger charge is 2.81. The average molecular weight is 1470 g/mol. The summed E-state index contributed by atoms with van der Waals surface area (Å²) < 4.78 is 122. The van der Waals surface area contributed by atoms with Crippen molar-refractivity contribution in [2.75, 3.05) is 0 Å². The summed E-state index contributed by atoms with van der Waals surface area (Å²) in [7, 11) is -52.8. The topological polar surface area (TPSA) is 129 Å². The van der Waals surface area contributed by atoms with Gasteiger partial charge in [-0.3, -0.25) is 0 Å². The molecule has 4 fully saturated rings. The fraction of sp³-hybridized carbons (Fsp3) is 0.294. The normalized spacial score (nSPS) is 27.8. The van der Waals surface area contributed by atoms with Gasteiger partial charge < -0.3 is 57.6 Å². The second-order valence-electron chi connectivity index (χ2n) is 26.8. The lowest BCUT2D eigenvalue weighted by atomic mass is 10.4. The quantitative estimate of drug-likeness (QED) is 0.0532. The SMILES string of the molecule is CCC[Si](C)(C)O[Si]1(c2ccccc2)O[Si]2(c3ccccc3)O[Si](O[Si](C)(C)CCC)(c3ccccc3)O[Si](c3ccccc3)(O1)O[Si]1(c3ccccc3)O[Si](O[Si](C)(C)CCC)(c3ccccc3)O[Si](c3ccccc3)(O[Si](O[Si](C)(C)CCC)(c3ccccc3)O1)O2. The standard InChI is InChI=1S/C68H92O14Si12/c1-13-57-83(5,6)69-87(61-41-25-17-26-42-61)73-91(65-49-33-21-34-50-65)75-88(62-43-27-18-28-44-62,70-84(7,8)58-14-2)76-92(74-87,66-51-35-22-36-52-66)82-94(68-55-39-24-40-56-68)78-89(63-45-29-19-30-46-63,71-85(9,10)59-15-3)77-93(81-91,67-53-37-23-38-54-67)79-90(80-94,64-47-31-20-32-48-64)72-86(11,12)60-16-4/h17-56H,13-16,57-60H2,1-12H3. The van der Waals surface area contributed by atoms with Crippen molar-refractivity contribution in [2.24, 2.45) is 0 Å². The van der Waals surface area contributed by atoms with Crippen molar-refractivity contribution < 1.29 is 57.6 Å². The van der Waals surface area contributed by atoms with E-state index in [1.54, 1.807) is 0 Å². The highest BCUT2D eigenvalue weighted by atomic mass is 28.6. The molecule has 4 saturated heterocycles. The lowest BCUT2D eigenvalue weighted by molar-refractivity contribution is 0.0480. The van der Waals surface area contributed by atoms with Crippen LogP contribution in [-0.2, 0) is 57.6 Å². The lowest BCUT2D eigenvalue weighted by Gasteiger charge is -2.58. The molecule has 0 saturated carbocycles. The Balaban J connectivity index is 1.46. The van der Waals surface area contributed by atoms with Crippen molar-refractivity contribution >= 4 is 145 Å². The molecule has 0 atom stereocenters. The van der Waals surface area contributed by atoms with E-state index in [9.17, 15) is 0 Å². The Morgan fingerprint density at radius 2 is 0.351 bits per heavy atom. The molecule has 0 aliphatic carbocycles. The molecule has 14 nitrogen and oxygen atoms in total. The van der Waals surface area contributed by atoms with Crippen LogP contribution in [-0.4, -0.2) is 104 Å². The van der Waals surface area contributed by atoms with Gasteiger partial charge in [-0.2, -0.15) is 0 Å². The molecular formula is C68H92O14Si12. The molecule has 0 amide bonds. The Morgan fingerprint density at radius 1 is 0.213 bits per heavy atom. The molecule has 4 aliphatic rings. The fourth-order valence-electron chi connectivity index (χ4n) is 12.9. The molecule has 12 rings (SSSR count). The van der Waals surface area contributed by atoms with Gasteiger partial charge in [0.2, 0.25) is 0 Å². The Bertz CT molecular complexity index is 3210. The first-order valence-corrected chi connectivity index (χ1v) is 59.5. The Kier molecular flexibility index (Phi) is 21.9. The summed E-state index contributed by atoms with van der Waals surface area (Å²) in [5.41, 5.74) is 0. The maximum absolute atomic E-state index is 9.02. The van der Waals surface area contributed by atoms with Crippen LogP contribution in [0.3, 0.4) is 0 Å². The third-order valence-corrected chi connectivity index (χ3v) is 66.5. The molecular weight excluding hydrogens is 1380 g/mol. The Morgan fingerprint density at radius 3 is 0.489 bits per heavy atom. The fourth-order valence-corrected chi connectivity index (χ4v) is 74.2. The minimum atomic E-state index is -5.31. The maximum atomic E-state index is 9.02. The maximum Gasteiger partial charge on any atom is 0.515 e. The summed E-state index contributed by atoms with van der Waals surface area (Å²) in [6, 6.07) is 83.0. The summed E-state index contributed by atoms with van der Waals surface area (Å²) in [6.45, 7) is 26.5. The van der Waals surface area contributed by atoms with E-state index in [1.807, 2.05) is 243 Å². The zero-order valence-corrected chi connectivity index (χ0v) is 68.5. The first-order valence-electron chi connectivity index (χ1n) is 33.2. The van der Waals surface area contributed by atoms with E-state index >= 15 is 0 Å². The van der Waals surface area contributed by atoms with Gasteiger partial charge >= 0.3 is 70.4 Å². The van der Waals surface area contributed by atoms with Crippen molar-refractivity contribution in [1.82, 2.24) is 0 Å². The van der Waals surface area contributed by atoms with Gasteiger partial charge in [0.05, 0.1) is 0 Å². The van der Waals surface area contributed by atoms with Crippen LogP contribution in [0, 0.1) is 0 Å². The van der Waals surface area contributed by atoms with Crippen LogP contribution in [0.2, 0.25) is 76.6 Å².